The molecule has 2 aromatic carbocycles. The van der Waals surface area contributed by atoms with Gasteiger partial charge in [-0.05, 0) is 30.7 Å². The van der Waals surface area contributed by atoms with Crippen molar-refractivity contribution in [1.82, 2.24) is 0 Å². The lowest BCUT2D eigenvalue weighted by Crippen LogP contribution is -2.15. The van der Waals surface area contributed by atoms with Gasteiger partial charge in [-0.3, -0.25) is 0 Å². The van der Waals surface area contributed by atoms with Gasteiger partial charge >= 0.3 is 5.97 Å². The molecule has 0 fully saturated rings. The monoisotopic (exact) mass is 339 g/mol. The molecule has 0 aliphatic carbocycles. The Labute approximate surface area is 147 Å². The van der Waals surface area contributed by atoms with Crippen LogP contribution in [0, 0.1) is 11.3 Å². The molecular formula is C20H21NO4. The van der Waals surface area contributed by atoms with E-state index in [2.05, 4.69) is 6.92 Å². The highest BCUT2D eigenvalue weighted by molar-refractivity contribution is 5.71. The summed E-state index contributed by atoms with van der Waals surface area (Å²) >= 11 is 0. The molecule has 0 aliphatic heterocycles. The van der Waals surface area contributed by atoms with Crippen LogP contribution < -0.4 is 9.47 Å². The Balaban J connectivity index is 1.82. The Morgan fingerprint density at radius 3 is 2.76 bits per heavy atom. The highest BCUT2D eigenvalue weighted by Crippen LogP contribution is 2.19. The minimum Gasteiger partial charge on any atom is -0.493 e. The standard InChI is InChI=1S/C20H21NO4/c1-2-3-11-23-19-10-5-4-8-17(19)14-25-20(22)15-24-18-9-6-7-16(12-18)13-21/h4-10,12H,2-3,11,14-15H2,1H3. The van der Waals surface area contributed by atoms with E-state index < -0.39 is 5.97 Å². The summed E-state index contributed by atoms with van der Waals surface area (Å²) in [4.78, 5) is 11.9. The number of nitriles is 1. The molecular weight excluding hydrogens is 318 g/mol. The van der Waals surface area contributed by atoms with Crippen LogP contribution in [0.5, 0.6) is 11.5 Å². The molecule has 0 saturated carbocycles. The van der Waals surface area contributed by atoms with Gasteiger partial charge < -0.3 is 14.2 Å². The van der Waals surface area contributed by atoms with Crippen molar-refractivity contribution in [2.45, 2.75) is 26.4 Å². The number of benzene rings is 2. The highest BCUT2D eigenvalue weighted by Gasteiger charge is 2.08. The van der Waals surface area contributed by atoms with Gasteiger partial charge in [0.1, 0.15) is 18.1 Å². The number of para-hydroxylation sites is 1. The second-order valence-electron chi connectivity index (χ2n) is 5.40. The van der Waals surface area contributed by atoms with Crippen LogP contribution in [0.1, 0.15) is 30.9 Å². The number of hydrogen-bond acceptors (Lipinski definition) is 5. The van der Waals surface area contributed by atoms with Gasteiger partial charge in [0, 0.05) is 5.56 Å². The lowest BCUT2D eigenvalue weighted by Gasteiger charge is -2.12. The zero-order chi connectivity index (χ0) is 17.9. The molecule has 2 rings (SSSR count). The van der Waals surface area contributed by atoms with E-state index in [1.54, 1.807) is 24.3 Å². The smallest absolute Gasteiger partial charge is 0.344 e. The van der Waals surface area contributed by atoms with Gasteiger partial charge in [0.15, 0.2) is 6.61 Å². The molecule has 5 nitrogen and oxygen atoms in total. The number of unbranched alkanes of at least 4 members (excludes halogenated alkanes) is 1. The maximum atomic E-state index is 11.9. The summed E-state index contributed by atoms with van der Waals surface area (Å²) in [6.07, 6.45) is 2.03. The van der Waals surface area contributed by atoms with Gasteiger partial charge in [-0.1, -0.05) is 37.6 Å². The summed E-state index contributed by atoms with van der Waals surface area (Å²) in [6.45, 7) is 2.65. The number of nitrogens with zero attached hydrogens (tertiary/aromatic N) is 1. The predicted octanol–water partition coefficient (Wildman–Crippen LogP) is 3.86. The first-order chi connectivity index (χ1) is 12.2. The number of carbonyl (C=O) groups excluding carboxylic acids is 1. The minimum absolute atomic E-state index is 0.128. The van der Waals surface area contributed by atoms with Gasteiger partial charge in [-0.2, -0.15) is 5.26 Å². The van der Waals surface area contributed by atoms with E-state index in [4.69, 9.17) is 19.5 Å². The number of esters is 1. The Morgan fingerprint density at radius 2 is 1.96 bits per heavy atom. The molecule has 0 spiro atoms. The molecule has 0 N–H and O–H groups in total. The number of ether oxygens (including phenoxy) is 3. The molecule has 0 amide bonds. The van der Waals surface area contributed by atoms with Crippen LogP contribution >= 0.6 is 0 Å². The van der Waals surface area contributed by atoms with Crippen LogP contribution in [-0.2, 0) is 16.1 Å². The maximum absolute atomic E-state index is 11.9. The second kappa shape index (κ2) is 9.99. The van der Waals surface area contributed by atoms with Gasteiger partial charge in [0.05, 0.1) is 18.2 Å². The zero-order valence-corrected chi connectivity index (χ0v) is 14.2. The fraction of sp³-hybridized carbons (Fsp3) is 0.300. The quantitative estimate of drug-likeness (QED) is 0.512. The van der Waals surface area contributed by atoms with Crippen molar-refractivity contribution >= 4 is 5.97 Å². The molecule has 0 heterocycles. The van der Waals surface area contributed by atoms with E-state index >= 15 is 0 Å². The summed E-state index contributed by atoms with van der Waals surface area (Å²) in [7, 11) is 0. The van der Waals surface area contributed by atoms with Crippen LogP contribution in [-0.4, -0.2) is 19.2 Å². The van der Waals surface area contributed by atoms with Crippen molar-refractivity contribution in [3.8, 4) is 17.6 Å². The van der Waals surface area contributed by atoms with Crippen molar-refractivity contribution < 1.29 is 19.0 Å². The van der Waals surface area contributed by atoms with Crippen molar-refractivity contribution in [2.75, 3.05) is 13.2 Å². The van der Waals surface area contributed by atoms with Crippen LogP contribution in [0.25, 0.3) is 0 Å². The lowest BCUT2D eigenvalue weighted by atomic mass is 10.2. The van der Waals surface area contributed by atoms with E-state index in [0.717, 1.165) is 24.2 Å². The van der Waals surface area contributed by atoms with Crippen molar-refractivity contribution in [3.05, 3.63) is 59.7 Å². The Morgan fingerprint density at radius 1 is 1.12 bits per heavy atom. The number of rotatable bonds is 9. The Hall–Kier alpha value is -3.00. The first-order valence-electron chi connectivity index (χ1n) is 8.22. The molecule has 0 saturated heterocycles. The van der Waals surface area contributed by atoms with Gasteiger partial charge in [-0.15, -0.1) is 0 Å². The van der Waals surface area contributed by atoms with Crippen LogP contribution in [0.15, 0.2) is 48.5 Å². The van der Waals surface area contributed by atoms with Crippen molar-refractivity contribution in [3.63, 3.8) is 0 Å². The van der Waals surface area contributed by atoms with E-state index in [0.29, 0.717) is 17.9 Å². The van der Waals surface area contributed by atoms with Gasteiger partial charge in [0.2, 0.25) is 0 Å². The first kappa shape index (κ1) is 18.3. The predicted molar refractivity (Wildman–Crippen MR) is 93.3 cm³/mol. The minimum atomic E-state index is -0.481. The van der Waals surface area contributed by atoms with Gasteiger partial charge in [0.25, 0.3) is 0 Å². The van der Waals surface area contributed by atoms with E-state index in [-0.39, 0.29) is 13.2 Å². The number of hydrogen-bond donors (Lipinski definition) is 0. The molecule has 0 aliphatic rings. The molecule has 5 heteroatoms. The summed E-state index contributed by atoms with van der Waals surface area (Å²) in [6, 6.07) is 16.1. The van der Waals surface area contributed by atoms with Crippen molar-refractivity contribution in [2.24, 2.45) is 0 Å². The Kier molecular flexibility index (Phi) is 7.33. The van der Waals surface area contributed by atoms with E-state index in [9.17, 15) is 4.79 Å². The normalized spacial score (nSPS) is 9.92. The average molecular weight is 339 g/mol. The summed E-state index contributed by atoms with van der Waals surface area (Å²) in [5, 5.41) is 8.84. The molecule has 0 aromatic heterocycles. The molecule has 130 valence electrons. The van der Waals surface area contributed by atoms with Crippen molar-refractivity contribution in [1.29, 1.82) is 5.26 Å². The van der Waals surface area contributed by atoms with Crippen LogP contribution in [0.4, 0.5) is 0 Å². The largest absolute Gasteiger partial charge is 0.493 e. The fourth-order valence-electron chi connectivity index (χ4n) is 2.09. The fourth-order valence-corrected chi connectivity index (χ4v) is 2.09. The first-order valence-corrected chi connectivity index (χ1v) is 8.22. The molecule has 0 unspecified atom stereocenters. The number of carbonyl (C=O) groups is 1. The summed E-state index contributed by atoms with van der Waals surface area (Å²) in [5.41, 5.74) is 1.29. The average Bonchev–Trinajstić information content (AvgIpc) is 2.66. The zero-order valence-electron chi connectivity index (χ0n) is 14.2. The lowest BCUT2D eigenvalue weighted by molar-refractivity contribution is -0.147. The van der Waals surface area contributed by atoms with E-state index in [1.807, 2.05) is 30.3 Å². The molecule has 0 atom stereocenters. The molecule has 25 heavy (non-hydrogen) atoms. The van der Waals surface area contributed by atoms with Crippen LogP contribution in [0.3, 0.4) is 0 Å². The third-order valence-corrected chi connectivity index (χ3v) is 3.44. The summed E-state index contributed by atoms with van der Waals surface area (Å²) in [5.74, 6) is 0.705. The highest BCUT2D eigenvalue weighted by atomic mass is 16.6. The van der Waals surface area contributed by atoms with Gasteiger partial charge in [-0.25, -0.2) is 4.79 Å². The Bertz CT molecular complexity index is 736. The topological polar surface area (TPSA) is 68.6 Å². The SMILES string of the molecule is CCCCOc1ccccc1COC(=O)COc1cccc(C#N)c1. The van der Waals surface area contributed by atoms with E-state index in [1.165, 1.54) is 0 Å². The molecule has 0 bridgehead atoms. The summed E-state index contributed by atoms with van der Waals surface area (Å²) < 4.78 is 16.3. The third kappa shape index (κ3) is 6.19. The third-order valence-electron chi connectivity index (χ3n) is 3.44. The second-order valence-corrected chi connectivity index (χ2v) is 5.40. The molecule has 2 aromatic rings. The molecule has 0 radical (unpaired) electrons. The maximum Gasteiger partial charge on any atom is 0.344 e. The van der Waals surface area contributed by atoms with Crippen LogP contribution in [0.2, 0.25) is 0 Å².